The summed E-state index contributed by atoms with van der Waals surface area (Å²) in [4.78, 5) is 18.6. The van der Waals surface area contributed by atoms with Gasteiger partial charge in [0.15, 0.2) is 0 Å². The number of alkyl halides is 3. The number of carbonyl (C=O) groups excluding carboxylic acids is 1. The highest BCUT2D eigenvalue weighted by atomic mass is 19.4. The zero-order valence-electron chi connectivity index (χ0n) is 16.6. The van der Waals surface area contributed by atoms with Crippen molar-refractivity contribution in [1.82, 2.24) is 20.1 Å². The fourth-order valence-corrected chi connectivity index (χ4v) is 3.69. The van der Waals surface area contributed by atoms with E-state index >= 15 is 0 Å². The number of hydrogen-bond acceptors (Lipinski definition) is 4. The van der Waals surface area contributed by atoms with E-state index in [1.807, 2.05) is 6.07 Å². The van der Waals surface area contributed by atoms with Crippen molar-refractivity contribution in [2.24, 2.45) is 0 Å². The van der Waals surface area contributed by atoms with Crippen molar-refractivity contribution in [2.45, 2.75) is 31.5 Å². The van der Waals surface area contributed by atoms with Gasteiger partial charge in [-0.1, -0.05) is 6.07 Å². The minimum atomic E-state index is -4.40. The Labute approximate surface area is 177 Å². The predicted molar refractivity (Wildman–Crippen MR) is 106 cm³/mol. The fraction of sp³-hybridized carbons (Fsp3) is 0.318. The van der Waals surface area contributed by atoms with E-state index in [4.69, 9.17) is 4.74 Å². The first kappa shape index (κ1) is 20.9. The van der Waals surface area contributed by atoms with Crippen molar-refractivity contribution < 1.29 is 22.7 Å². The van der Waals surface area contributed by atoms with E-state index in [9.17, 15) is 18.0 Å². The molecule has 3 aromatic rings. The van der Waals surface area contributed by atoms with Crippen LogP contribution in [0.15, 0.2) is 54.9 Å². The predicted octanol–water partition coefficient (Wildman–Crippen LogP) is 4.42. The lowest BCUT2D eigenvalue weighted by atomic mass is 10.1. The lowest BCUT2D eigenvalue weighted by Crippen LogP contribution is -2.30. The van der Waals surface area contributed by atoms with Crippen LogP contribution in [-0.4, -0.2) is 39.1 Å². The molecule has 1 atom stereocenters. The maximum atomic E-state index is 12.8. The second kappa shape index (κ2) is 8.79. The van der Waals surface area contributed by atoms with Crippen molar-refractivity contribution in [1.29, 1.82) is 0 Å². The molecule has 1 N–H and O–H groups in total. The Morgan fingerprint density at radius 1 is 1.23 bits per heavy atom. The number of nitrogens with zero attached hydrogens (tertiary/aromatic N) is 3. The molecule has 0 spiro atoms. The van der Waals surface area contributed by atoms with Crippen molar-refractivity contribution in [3.63, 3.8) is 0 Å². The number of amides is 1. The van der Waals surface area contributed by atoms with E-state index in [1.54, 1.807) is 29.4 Å². The second-order valence-corrected chi connectivity index (χ2v) is 7.34. The van der Waals surface area contributed by atoms with E-state index in [2.05, 4.69) is 15.2 Å². The van der Waals surface area contributed by atoms with Crippen LogP contribution in [0.25, 0.3) is 0 Å². The molecule has 2 aromatic heterocycles. The van der Waals surface area contributed by atoms with Gasteiger partial charge < -0.3 is 9.64 Å². The van der Waals surface area contributed by atoms with Gasteiger partial charge in [0.2, 0.25) is 0 Å². The number of halogens is 3. The minimum absolute atomic E-state index is 0.0759. The fourth-order valence-electron chi connectivity index (χ4n) is 3.69. The van der Waals surface area contributed by atoms with E-state index < -0.39 is 11.7 Å². The number of benzene rings is 1. The van der Waals surface area contributed by atoms with Gasteiger partial charge in [-0.15, -0.1) is 0 Å². The number of nitrogens with one attached hydrogen (secondary N) is 1. The number of pyridine rings is 1. The average molecular weight is 430 g/mol. The molecule has 162 valence electrons. The summed E-state index contributed by atoms with van der Waals surface area (Å²) in [5, 5.41) is 7.30. The van der Waals surface area contributed by atoms with Gasteiger partial charge in [0.1, 0.15) is 5.75 Å². The van der Waals surface area contributed by atoms with E-state index in [1.165, 1.54) is 12.1 Å². The highest BCUT2D eigenvalue weighted by Gasteiger charge is 2.32. The first-order chi connectivity index (χ1) is 14.9. The Morgan fingerprint density at radius 3 is 2.87 bits per heavy atom. The number of hydrogen-bond donors (Lipinski definition) is 1. The largest absolute Gasteiger partial charge is 0.493 e. The highest BCUT2D eigenvalue weighted by Crippen LogP contribution is 2.33. The van der Waals surface area contributed by atoms with Crippen LogP contribution in [0.2, 0.25) is 0 Å². The van der Waals surface area contributed by atoms with Crippen LogP contribution >= 0.6 is 0 Å². The molecule has 1 amide bonds. The molecule has 1 aliphatic heterocycles. The number of ether oxygens (including phenoxy) is 1. The first-order valence-corrected chi connectivity index (χ1v) is 9.97. The molecule has 9 heteroatoms. The topological polar surface area (TPSA) is 71.1 Å². The summed E-state index contributed by atoms with van der Waals surface area (Å²) in [7, 11) is 0. The third-order valence-electron chi connectivity index (χ3n) is 5.22. The third kappa shape index (κ3) is 4.87. The van der Waals surface area contributed by atoms with Crippen LogP contribution in [0, 0.1) is 0 Å². The molecule has 0 bridgehead atoms. The van der Waals surface area contributed by atoms with Gasteiger partial charge in [-0.2, -0.15) is 18.3 Å². The molecular weight excluding hydrogens is 409 g/mol. The molecule has 31 heavy (non-hydrogen) atoms. The Bertz CT molecular complexity index is 1040. The summed E-state index contributed by atoms with van der Waals surface area (Å²) in [5.74, 6) is 0.0895. The van der Waals surface area contributed by atoms with Crippen LogP contribution in [0.1, 0.15) is 46.2 Å². The summed E-state index contributed by atoms with van der Waals surface area (Å²) in [6.45, 7) is 0.852. The average Bonchev–Trinajstić information content (AvgIpc) is 3.43. The molecule has 1 fully saturated rings. The normalized spacial score (nSPS) is 16.5. The molecule has 1 unspecified atom stereocenters. The van der Waals surface area contributed by atoms with Gasteiger partial charge in [-0.25, -0.2) is 0 Å². The van der Waals surface area contributed by atoms with Gasteiger partial charge in [-0.3, -0.25) is 14.9 Å². The molecule has 1 saturated heterocycles. The monoisotopic (exact) mass is 430 g/mol. The number of H-pyrrole nitrogens is 1. The number of carbonyl (C=O) groups is 1. The number of aromatic amines is 1. The summed E-state index contributed by atoms with van der Waals surface area (Å²) in [6.07, 6.45) is 0.928. The van der Waals surface area contributed by atoms with Gasteiger partial charge in [-0.05, 0) is 49.2 Å². The van der Waals surface area contributed by atoms with Crippen LogP contribution < -0.4 is 4.74 Å². The van der Waals surface area contributed by atoms with E-state index in [0.717, 1.165) is 36.4 Å². The van der Waals surface area contributed by atoms with Crippen molar-refractivity contribution >= 4 is 5.91 Å². The standard InChI is InChI=1S/C22H21F3N4O2/c23-22(24,25)16-5-1-6-18(12-16)31-11-8-17-13-19(28-27-17)20-7-3-10-29(20)21(30)15-4-2-9-26-14-15/h1-2,4-6,9,12-14,20H,3,7-8,10-11H2,(H,27,28). The lowest BCUT2D eigenvalue weighted by Gasteiger charge is -2.23. The van der Waals surface area contributed by atoms with Crippen LogP contribution in [0.3, 0.4) is 0 Å². The quantitative estimate of drug-likeness (QED) is 0.628. The number of aromatic nitrogens is 3. The Hall–Kier alpha value is -3.36. The SMILES string of the molecule is O=C(c1cccnc1)N1CCCC1c1cc(CCOc2cccc(C(F)(F)F)c2)[nH]n1. The molecule has 0 saturated carbocycles. The van der Waals surface area contributed by atoms with E-state index in [-0.39, 0.29) is 24.3 Å². The molecule has 1 aliphatic rings. The van der Waals surface area contributed by atoms with Crippen LogP contribution in [0.4, 0.5) is 13.2 Å². The number of likely N-dealkylation sites (tertiary alicyclic amines) is 1. The Morgan fingerprint density at radius 2 is 2.10 bits per heavy atom. The summed E-state index contributed by atoms with van der Waals surface area (Å²) in [6, 6.07) is 10.0. The molecule has 4 rings (SSSR count). The van der Waals surface area contributed by atoms with Crippen LogP contribution in [0.5, 0.6) is 5.75 Å². The summed E-state index contributed by atoms with van der Waals surface area (Å²) in [5.41, 5.74) is 1.36. The molecule has 1 aromatic carbocycles. The molecule has 0 aliphatic carbocycles. The van der Waals surface area contributed by atoms with Crippen molar-refractivity contribution in [2.75, 3.05) is 13.2 Å². The van der Waals surface area contributed by atoms with Gasteiger partial charge in [0.25, 0.3) is 5.91 Å². The smallest absolute Gasteiger partial charge is 0.416 e. The zero-order valence-corrected chi connectivity index (χ0v) is 16.6. The number of rotatable bonds is 6. The maximum Gasteiger partial charge on any atom is 0.416 e. The Kier molecular flexibility index (Phi) is 5.92. The first-order valence-electron chi connectivity index (χ1n) is 9.97. The van der Waals surface area contributed by atoms with Crippen LogP contribution in [-0.2, 0) is 12.6 Å². The van der Waals surface area contributed by atoms with Gasteiger partial charge in [0, 0.05) is 31.1 Å². The van der Waals surface area contributed by atoms with Gasteiger partial charge >= 0.3 is 6.18 Å². The third-order valence-corrected chi connectivity index (χ3v) is 5.22. The van der Waals surface area contributed by atoms with Crippen molar-refractivity contribution in [3.05, 3.63) is 77.4 Å². The molecule has 6 nitrogen and oxygen atoms in total. The van der Waals surface area contributed by atoms with Gasteiger partial charge in [0.05, 0.1) is 29.5 Å². The summed E-state index contributed by atoms with van der Waals surface area (Å²) >= 11 is 0. The maximum absolute atomic E-state index is 12.8. The molecule has 0 radical (unpaired) electrons. The zero-order chi connectivity index (χ0) is 21.8. The minimum Gasteiger partial charge on any atom is -0.493 e. The second-order valence-electron chi connectivity index (χ2n) is 7.34. The molecule has 3 heterocycles. The van der Waals surface area contributed by atoms with Crippen molar-refractivity contribution in [3.8, 4) is 5.75 Å². The lowest BCUT2D eigenvalue weighted by molar-refractivity contribution is -0.137. The summed E-state index contributed by atoms with van der Waals surface area (Å²) < 4.78 is 43.9. The van der Waals surface area contributed by atoms with E-state index in [0.29, 0.717) is 18.5 Å². The highest BCUT2D eigenvalue weighted by molar-refractivity contribution is 5.94. The molecular formula is C22H21F3N4O2. The Balaban J connectivity index is 1.37.